The van der Waals surface area contributed by atoms with Gasteiger partial charge in [0.05, 0.1) is 0 Å². The number of carbonyl (C=O) groups is 4. The lowest BCUT2D eigenvalue weighted by atomic mass is 10.0. The molecule has 0 saturated carbocycles. The molecule has 0 aromatic heterocycles. The van der Waals surface area contributed by atoms with Crippen LogP contribution in [0, 0.1) is 0 Å². The molecule has 0 atom stereocenters. The number of aliphatic hydroxyl groups excluding tert-OH is 1. The van der Waals surface area contributed by atoms with Gasteiger partial charge in [0.25, 0.3) is 11.8 Å². The summed E-state index contributed by atoms with van der Waals surface area (Å²) in [5, 5.41) is 20.8. The first-order chi connectivity index (χ1) is 14.8. The van der Waals surface area contributed by atoms with Crippen LogP contribution in [0.1, 0.15) is 29.3 Å². The number of nitrogens with one attached hydrogen (secondary N) is 1. The molecule has 1 aliphatic rings. The van der Waals surface area contributed by atoms with Gasteiger partial charge in [0, 0.05) is 25.1 Å². The monoisotopic (exact) mass is 422 g/mol. The predicted octanol–water partition coefficient (Wildman–Crippen LogP) is 2.30. The fourth-order valence-electron chi connectivity index (χ4n) is 3.29. The second-order valence-electron chi connectivity index (χ2n) is 7.21. The van der Waals surface area contributed by atoms with Crippen LogP contribution >= 0.6 is 0 Å². The maximum Gasteiger partial charge on any atom is 0.322 e. The van der Waals surface area contributed by atoms with Crippen molar-refractivity contribution in [3.63, 3.8) is 0 Å². The number of carboxylic acids is 1. The lowest BCUT2D eigenvalue weighted by molar-refractivity contribution is -0.138. The molecule has 8 nitrogen and oxygen atoms in total. The third-order valence-electron chi connectivity index (χ3n) is 4.99. The van der Waals surface area contributed by atoms with Gasteiger partial charge in [-0.15, -0.1) is 0 Å². The number of benzene rings is 2. The molecule has 1 heterocycles. The van der Waals surface area contributed by atoms with E-state index in [1.807, 2.05) is 36.4 Å². The summed E-state index contributed by atoms with van der Waals surface area (Å²) < 4.78 is 0. The molecular formula is C23H22N2O6. The van der Waals surface area contributed by atoms with Crippen molar-refractivity contribution in [2.45, 2.75) is 19.9 Å². The first-order valence-electron chi connectivity index (χ1n) is 9.68. The molecule has 31 heavy (non-hydrogen) atoms. The van der Waals surface area contributed by atoms with Gasteiger partial charge in [-0.2, -0.15) is 0 Å². The molecule has 0 saturated heterocycles. The maximum absolute atomic E-state index is 12.7. The molecule has 1 aliphatic heterocycles. The van der Waals surface area contributed by atoms with Gasteiger partial charge in [0.1, 0.15) is 17.9 Å². The van der Waals surface area contributed by atoms with E-state index in [4.69, 9.17) is 5.11 Å². The zero-order valence-electron chi connectivity index (χ0n) is 16.9. The highest BCUT2D eigenvalue weighted by atomic mass is 16.4. The van der Waals surface area contributed by atoms with E-state index in [1.54, 1.807) is 12.1 Å². The van der Waals surface area contributed by atoms with Gasteiger partial charge in [-0.3, -0.25) is 19.2 Å². The molecule has 0 fully saturated rings. The Balaban J connectivity index is 1.69. The van der Waals surface area contributed by atoms with E-state index < -0.39 is 29.9 Å². The van der Waals surface area contributed by atoms with Crippen molar-refractivity contribution in [1.29, 1.82) is 0 Å². The molecule has 0 spiro atoms. The highest BCUT2D eigenvalue weighted by molar-refractivity contribution is 6.19. The Labute approximate surface area is 178 Å². The first-order valence-corrected chi connectivity index (χ1v) is 9.68. The lowest BCUT2D eigenvalue weighted by Gasteiger charge is -2.28. The van der Waals surface area contributed by atoms with Crippen LogP contribution in [0.2, 0.25) is 0 Å². The van der Waals surface area contributed by atoms with Crippen molar-refractivity contribution in [1.82, 2.24) is 10.2 Å². The van der Waals surface area contributed by atoms with E-state index in [0.717, 1.165) is 16.7 Å². The molecule has 8 heteroatoms. The highest BCUT2D eigenvalue weighted by Gasteiger charge is 2.32. The minimum Gasteiger partial charge on any atom is -0.511 e. The molecule has 3 rings (SSSR count). The normalized spacial score (nSPS) is 13.8. The average Bonchev–Trinajstić information content (AvgIpc) is 2.75. The van der Waals surface area contributed by atoms with Gasteiger partial charge < -0.3 is 20.4 Å². The Morgan fingerprint density at radius 3 is 2.13 bits per heavy atom. The van der Waals surface area contributed by atoms with Crippen LogP contribution < -0.4 is 5.32 Å². The Morgan fingerprint density at radius 2 is 1.58 bits per heavy atom. The summed E-state index contributed by atoms with van der Waals surface area (Å²) in [5.74, 6) is -3.13. The average molecular weight is 422 g/mol. The van der Waals surface area contributed by atoms with Crippen molar-refractivity contribution < 1.29 is 29.4 Å². The quantitative estimate of drug-likeness (QED) is 0.465. The minimum absolute atomic E-state index is 0.00388. The van der Waals surface area contributed by atoms with Crippen LogP contribution in [0.15, 0.2) is 59.9 Å². The molecule has 2 aromatic carbocycles. The molecular weight excluding hydrogens is 400 g/mol. The van der Waals surface area contributed by atoms with Gasteiger partial charge >= 0.3 is 5.97 Å². The second kappa shape index (κ2) is 9.25. The van der Waals surface area contributed by atoms with Crippen LogP contribution in [0.4, 0.5) is 0 Å². The minimum atomic E-state index is -1.25. The summed E-state index contributed by atoms with van der Waals surface area (Å²) in [6.45, 7) is 1.36. The van der Waals surface area contributed by atoms with Crippen molar-refractivity contribution in [2.24, 2.45) is 0 Å². The Kier molecular flexibility index (Phi) is 6.49. The standard InChI is InChI=1S/C23H22N2O6/c1-14(26)16-6-8-18(9-7-16)17-4-2-15(3-5-17)13-25-11-10-19(27)21(23(25)31)22(30)24-12-20(28)29/h2-9,27H,10-13H2,1H3,(H,24,30)(H,28,29). The summed E-state index contributed by atoms with van der Waals surface area (Å²) in [6, 6.07) is 14.8. The molecule has 3 N–H and O–H groups in total. The summed E-state index contributed by atoms with van der Waals surface area (Å²) in [5.41, 5.74) is 2.97. The van der Waals surface area contributed by atoms with Gasteiger partial charge in [0.15, 0.2) is 5.78 Å². The molecule has 160 valence electrons. The van der Waals surface area contributed by atoms with Crippen molar-refractivity contribution in [3.8, 4) is 11.1 Å². The number of rotatable bonds is 7. The predicted molar refractivity (Wildman–Crippen MR) is 112 cm³/mol. The number of nitrogens with zero attached hydrogens (tertiary/aromatic N) is 1. The van der Waals surface area contributed by atoms with Crippen molar-refractivity contribution in [2.75, 3.05) is 13.1 Å². The van der Waals surface area contributed by atoms with Gasteiger partial charge in [-0.25, -0.2) is 0 Å². The van der Waals surface area contributed by atoms with Gasteiger partial charge in [-0.1, -0.05) is 48.5 Å². The molecule has 0 bridgehead atoms. The third-order valence-corrected chi connectivity index (χ3v) is 4.99. The van der Waals surface area contributed by atoms with E-state index in [0.29, 0.717) is 5.56 Å². The third kappa shape index (κ3) is 5.16. The van der Waals surface area contributed by atoms with E-state index >= 15 is 0 Å². The number of aliphatic hydroxyl groups is 1. The smallest absolute Gasteiger partial charge is 0.322 e. The maximum atomic E-state index is 12.7. The second-order valence-corrected chi connectivity index (χ2v) is 7.21. The van der Waals surface area contributed by atoms with E-state index in [9.17, 15) is 24.3 Å². The Hall–Kier alpha value is -3.94. The topological polar surface area (TPSA) is 124 Å². The van der Waals surface area contributed by atoms with Gasteiger partial charge in [-0.05, 0) is 23.6 Å². The summed E-state index contributed by atoms with van der Waals surface area (Å²) in [4.78, 5) is 48.3. The van der Waals surface area contributed by atoms with Crippen LogP contribution in [0.5, 0.6) is 0 Å². The fraction of sp³-hybridized carbons (Fsp3) is 0.217. The van der Waals surface area contributed by atoms with Crippen LogP contribution in [0.25, 0.3) is 11.1 Å². The van der Waals surface area contributed by atoms with Crippen molar-refractivity contribution in [3.05, 3.63) is 71.0 Å². The number of carboxylic acid groups (broad SMARTS) is 1. The van der Waals surface area contributed by atoms with Crippen LogP contribution in [-0.4, -0.2) is 51.8 Å². The summed E-state index contributed by atoms with van der Waals surface area (Å²) in [7, 11) is 0. The molecule has 2 amide bonds. The van der Waals surface area contributed by atoms with E-state index in [-0.39, 0.29) is 31.1 Å². The number of amides is 2. The molecule has 0 aliphatic carbocycles. The highest BCUT2D eigenvalue weighted by Crippen LogP contribution is 2.23. The zero-order chi connectivity index (χ0) is 22.5. The number of ketones is 1. The fourth-order valence-corrected chi connectivity index (χ4v) is 3.29. The zero-order valence-corrected chi connectivity index (χ0v) is 16.9. The molecule has 0 unspecified atom stereocenters. The Morgan fingerprint density at radius 1 is 1.00 bits per heavy atom. The SMILES string of the molecule is CC(=O)c1ccc(-c2ccc(CN3CCC(O)=C(C(=O)NCC(=O)O)C3=O)cc2)cc1. The van der Waals surface area contributed by atoms with E-state index in [1.165, 1.54) is 11.8 Å². The first kappa shape index (κ1) is 21.8. The van der Waals surface area contributed by atoms with Crippen molar-refractivity contribution >= 4 is 23.6 Å². The summed E-state index contributed by atoms with van der Waals surface area (Å²) in [6.07, 6.45) is 0.113. The number of carbonyl (C=O) groups excluding carboxylic acids is 3. The number of hydrogen-bond donors (Lipinski definition) is 3. The number of Topliss-reactive ketones (excluding diaryl/α,β-unsaturated/α-hetero) is 1. The van der Waals surface area contributed by atoms with Gasteiger partial charge in [0.2, 0.25) is 0 Å². The number of aliphatic carboxylic acids is 1. The van der Waals surface area contributed by atoms with E-state index in [2.05, 4.69) is 5.32 Å². The Bertz CT molecular complexity index is 1050. The molecule has 2 aromatic rings. The largest absolute Gasteiger partial charge is 0.511 e. The lowest BCUT2D eigenvalue weighted by Crippen LogP contribution is -2.43. The molecule has 0 radical (unpaired) electrons. The number of hydrogen-bond acceptors (Lipinski definition) is 5. The van der Waals surface area contributed by atoms with Crippen LogP contribution in [0.3, 0.4) is 0 Å². The summed E-state index contributed by atoms with van der Waals surface area (Å²) >= 11 is 0. The van der Waals surface area contributed by atoms with Crippen LogP contribution in [-0.2, 0) is 20.9 Å².